The van der Waals surface area contributed by atoms with Crippen molar-refractivity contribution in [2.75, 3.05) is 0 Å². The molecule has 78 heavy (non-hydrogen) atoms. The summed E-state index contributed by atoms with van der Waals surface area (Å²) in [6.07, 6.45) is 56.4. The van der Waals surface area contributed by atoms with Crippen LogP contribution in [-0.4, -0.2) is 12.2 Å². The van der Waals surface area contributed by atoms with E-state index in [-0.39, 0.29) is 12.2 Å². The lowest BCUT2D eigenvalue weighted by atomic mass is 9.44. The zero-order valence-corrected chi connectivity index (χ0v) is 53.7. The average Bonchev–Trinajstić information content (AvgIpc) is 3.90. The minimum absolute atomic E-state index is 0.277. The summed E-state index contributed by atoms with van der Waals surface area (Å²) < 4.78 is 13.9. The van der Waals surface area contributed by atoms with Crippen molar-refractivity contribution in [3.63, 3.8) is 0 Å². The number of rotatable bonds is 28. The molecule has 0 heterocycles. The van der Waals surface area contributed by atoms with Crippen LogP contribution in [0, 0.1) is 91.7 Å². The minimum atomic E-state index is 0.277. The van der Waals surface area contributed by atoms with E-state index in [9.17, 15) is 0 Å². The summed E-state index contributed by atoms with van der Waals surface area (Å²) in [7, 11) is 0. The molecule has 6 saturated carbocycles. The van der Waals surface area contributed by atoms with E-state index in [1.165, 1.54) is 218 Å². The van der Waals surface area contributed by atoms with Crippen LogP contribution in [0.4, 0.5) is 0 Å². The van der Waals surface area contributed by atoms with Crippen molar-refractivity contribution in [3.8, 4) is 11.5 Å². The van der Waals surface area contributed by atoms with Crippen molar-refractivity contribution in [3.05, 3.63) is 47.6 Å². The highest BCUT2D eigenvalue weighted by molar-refractivity contribution is 5.34. The van der Waals surface area contributed by atoms with Gasteiger partial charge < -0.3 is 9.47 Å². The molecular formula is C76H126O2. The number of ether oxygens (including phenoxy) is 2. The smallest absolute Gasteiger partial charge is 0.120 e. The molecule has 16 atom stereocenters. The Hall–Kier alpha value is -1.70. The molecule has 0 aliphatic heterocycles. The normalized spacial score (nSPS) is 38.8. The second kappa shape index (κ2) is 26.1. The van der Waals surface area contributed by atoms with Crippen LogP contribution in [0.3, 0.4) is 0 Å². The molecule has 0 aromatic heterocycles. The topological polar surface area (TPSA) is 18.5 Å². The molecule has 0 amide bonds. The first-order valence-electron chi connectivity index (χ1n) is 35.3. The molecular weight excluding hydrogens is 945 g/mol. The molecule has 2 nitrogen and oxygen atoms in total. The lowest BCUT2D eigenvalue weighted by molar-refractivity contribution is -0.0994. The molecule has 8 aliphatic rings. The van der Waals surface area contributed by atoms with Crippen molar-refractivity contribution in [1.82, 2.24) is 0 Å². The van der Waals surface area contributed by atoms with Gasteiger partial charge >= 0.3 is 0 Å². The second-order valence-corrected chi connectivity index (χ2v) is 31.7. The average molecular weight is 1070 g/mol. The Bertz CT molecular complexity index is 1950. The van der Waals surface area contributed by atoms with Crippen molar-refractivity contribution in [1.29, 1.82) is 0 Å². The standard InChI is InChI=1S/C76H126O2/c1-13-15-17-19-21-23-45-75(57(7)29-25-27-55(3)4)51-43-69-65-37-31-59-53-63(39-47-71(59,9)67(65)41-49-73(69,75)11)77-61-33-35-62(36-34-61)78-64-40-48-72(10)60(54-64)32-38-66-68(72)42-50-74(12)70(66)44-52-76(74,46-24-22-20-18-16-14-2)58(8)30-26-28-56(5)6/h31-36,55-58,63-70H,13-30,37-54H2,1-12H3/t57-,58-,63+,64+,65-,66-,67+,68+,69+,70+,71+,72+,73+,74+,75-,76-/m1/s1. The van der Waals surface area contributed by atoms with E-state index in [1.54, 1.807) is 11.1 Å². The maximum absolute atomic E-state index is 6.94. The summed E-state index contributed by atoms with van der Waals surface area (Å²) in [6, 6.07) is 8.92. The summed E-state index contributed by atoms with van der Waals surface area (Å²) in [6.45, 7) is 31.0. The van der Waals surface area contributed by atoms with E-state index in [1.807, 2.05) is 0 Å². The van der Waals surface area contributed by atoms with Gasteiger partial charge in [-0.15, -0.1) is 0 Å². The van der Waals surface area contributed by atoms with E-state index in [0.717, 1.165) is 83.5 Å². The molecule has 442 valence electrons. The summed E-state index contributed by atoms with van der Waals surface area (Å²) in [5.74, 6) is 10.7. The van der Waals surface area contributed by atoms with Crippen LogP contribution in [0.5, 0.6) is 11.5 Å². The molecule has 8 aliphatic carbocycles. The van der Waals surface area contributed by atoms with Crippen LogP contribution >= 0.6 is 0 Å². The van der Waals surface area contributed by atoms with Crippen molar-refractivity contribution in [2.45, 2.75) is 326 Å². The summed E-state index contributed by atoms with van der Waals surface area (Å²) in [5, 5.41) is 0. The fourth-order valence-electron chi connectivity index (χ4n) is 22.4. The third kappa shape index (κ3) is 12.0. The largest absolute Gasteiger partial charge is 0.490 e. The Balaban J connectivity index is 0.790. The fraction of sp³-hybridized carbons (Fsp3) is 0.868. The van der Waals surface area contributed by atoms with Crippen molar-refractivity contribution >= 4 is 0 Å². The molecule has 0 saturated heterocycles. The molecule has 9 rings (SSSR count). The monoisotopic (exact) mass is 1070 g/mol. The van der Waals surface area contributed by atoms with Crippen LogP contribution in [0.2, 0.25) is 0 Å². The highest BCUT2D eigenvalue weighted by atomic mass is 16.5. The Morgan fingerprint density at radius 1 is 0.423 bits per heavy atom. The Morgan fingerprint density at radius 3 is 1.18 bits per heavy atom. The van der Waals surface area contributed by atoms with Gasteiger partial charge in [0.05, 0.1) is 0 Å². The van der Waals surface area contributed by atoms with Crippen molar-refractivity contribution < 1.29 is 9.47 Å². The number of allylic oxidation sites excluding steroid dienone is 2. The lowest BCUT2D eigenvalue weighted by Gasteiger charge is -2.61. The summed E-state index contributed by atoms with van der Waals surface area (Å²) in [4.78, 5) is 0. The first-order chi connectivity index (χ1) is 37.5. The quantitative estimate of drug-likeness (QED) is 0.0615. The lowest BCUT2D eigenvalue weighted by Crippen LogP contribution is -2.54. The first kappa shape index (κ1) is 60.9. The molecule has 0 spiro atoms. The molecule has 0 radical (unpaired) electrons. The molecule has 6 fully saturated rings. The van der Waals surface area contributed by atoms with E-state index in [0.29, 0.717) is 32.5 Å². The van der Waals surface area contributed by atoms with Gasteiger partial charge in [0.1, 0.15) is 23.7 Å². The van der Waals surface area contributed by atoms with Crippen molar-refractivity contribution in [2.24, 2.45) is 91.7 Å². The zero-order valence-electron chi connectivity index (χ0n) is 53.7. The first-order valence-corrected chi connectivity index (χ1v) is 35.3. The van der Waals surface area contributed by atoms with Crippen LogP contribution in [0.15, 0.2) is 47.6 Å². The zero-order chi connectivity index (χ0) is 55.4. The Kier molecular flexibility index (Phi) is 20.3. The highest BCUT2D eigenvalue weighted by Crippen LogP contribution is 2.75. The minimum Gasteiger partial charge on any atom is -0.490 e. The van der Waals surface area contributed by atoms with E-state index in [4.69, 9.17) is 9.47 Å². The predicted molar refractivity (Wildman–Crippen MR) is 335 cm³/mol. The maximum atomic E-state index is 6.94. The Morgan fingerprint density at radius 2 is 0.795 bits per heavy atom. The highest BCUT2D eigenvalue weighted by Gasteiger charge is 2.66. The van der Waals surface area contributed by atoms with Gasteiger partial charge in [0.25, 0.3) is 0 Å². The third-order valence-electron chi connectivity index (χ3n) is 27.1. The Labute approximate surface area is 484 Å². The van der Waals surface area contributed by atoms with Gasteiger partial charge in [0.15, 0.2) is 0 Å². The van der Waals surface area contributed by atoms with Gasteiger partial charge in [-0.05, 0) is 219 Å². The van der Waals surface area contributed by atoms with Crippen LogP contribution in [-0.2, 0) is 0 Å². The second-order valence-electron chi connectivity index (χ2n) is 31.7. The SMILES string of the molecule is CCCCCCCC[C@]1([C@H](C)CCCC(C)C)CC[C@H]2[C@@H]3CC=C4C[C@@H](Oc5ccc(O[C@H]6CC[C@@]7(C)C(=CC[C@@H]8[C@@H]7CC[C@@]7(C)[C@H]8CC[C@]7(CCCCCCCC)[C@H](C)CCCC(C)C)C6)cc5)CC[C@]4(C)[C@H]3CC[C@@]21C. The van der Waals surface area contributed by atoms with Gasteiger partial charge in [0, 0.05) is 12.8 Å². The summed E-state index contributed by atoms with van der Waals surface area (Å²) in [5.41, 5.74) is 6.27. The van der Waals surface area contributed by atoms with Gasteiger partial charge in [-0.1, -0.05) is 222 Å². The molecule has 0 bridgehead atoms. The number of benzene rings is 1. The van der Waals surface area contributed by atoms with Gasteiger partial charge in [0.2, 0.25) is 0 Å². The van der Waals surface area contributed by atoms with E-state index < -0.39 is 0 Å². The molecule has 0 N–H and O–H groups in total. The van der Waals surface area contributed by atoms with E-state index in [2.05, 4.69) is 120 Å². The number of fused-ring (bicyclic) bond motifs is 10. The van der Waals surface area contributed by atoms with Gasteiger partial charge in [-0.2, -0.15) is 0 Å². The maximum Gasteiger partial charge on any atom is 0.120 e. The van der Waals surface area contributed by atoms with Gasteiger partial charge in [-0.3, -0.25) is 0 Å². The number of hydrogen-bond acceptors (Lipinski definition) is 2. The van der Waals surface area contributed by atoms with Gasteiger partial charge in [-0.25, -0.2) is 0 Å². The number of unbranched alkanes of at least 4 members (excludes halogenated alkanes) is 10. The molecule has 1 aromatic rings. The third-order valence-corrected chi connectivity index (χ3v) is 27.1. The molecule has 1 aromatic carbocycles. The van der Waals surface area contributed by atoms with Crippen LogP contribution in [0.1, 0.15) is 314 Å². The van der Waals surface area contributed by atoms with Crippen LogP contribution < -0.4 is 9.47 Å². The fourth-order valence-corrected chi connectivity index (χ4v) is 22.4. The predicted octanol–water partition coefficient (Wildman–Crippen LogP) is 23.5. The summed E-state index contributed by atoms with van der Waals surface area (Å²) >= 11 is 0. The van der Waals surface area contributed by atoms with Crippen LogP contribution in [0.25, 0.3) is 0 Å². The molecule has 2 heteroatoms. The van der Waals surface area contributed by atoms with E-state index >= 15 is 0 Å². The molecule has 0 unspecified atom stereocenters. The number of hydrogen-bond donors (Lipinski definition) is 0.